The van der Waals surface area contributed by atoms with Crippen LogP contribution < -0.4 is 0 Å². The Morgan fingerprint density at radius 2 is 1.59 bits per heavy atom. The number of aliphatic hydroxyl groups excluding tert-OH is 2. The molecule has 0 bridgehead atoms. The smallest absolute Gasteiger partial charge is 0.388 e. The van der Waals surface area contributed by atoms with Crippen molar-refractivity contribution in [2.75, 3.05) is 19.8 Å². The van der Waals surface area contributed by atoms with E-state index in [0.29, 0.717) is 0 Å². The van der Waals surface area contributed by atoms with Crippen molar-refractivity contribution in [3.8, 4) is 0 Å². The van der Waals surface area contributed by atoms with Gasteiger partial charge in [0.1, 0.15) is 12.2 Å². The maximum absolute atomic E-state index is 10.4. The van der Waals surface area contributed by atoms with E-state index in [-0.39, 0.29) is 13.2 Å². The predicted molar refractivity (Wildman–Crippen MR) is 57.0 cm³/mol. The van der Waals surface area contributed by atoms with E-state index in [9.17, 15) is 14.8 Å². The van der Waals surface area contributed by atoms with Crippen molar-refractivity contribution in [1.82, 2.24) is 0 Å². The minimum absolute atomic E-state index is 0.258. The molecule has 0 unspecified atom stereocenters. The molecular formula is C8H19O8P. The zero-order valence-electron chi connectivity index (χ0n) is 9.72. The molecule has 0 fully saturated rings. The van der Waals surface area contributed by atoms with Crippen LogP contribution in [0.15, 0.2) is 0 Å². The lowest BCUT2D eigenvalue weighted by atomic mass is 10.2. The van der Waals surface area contributed by atoms with Crippen molar-refractivity contribution in [2.24, 2.45) is 0 Å². The molecule has 104 valence electrons. The molecule has 0 saturated heterocycles. The molecule has 17 heavy (non-hydrogen) atoms. The van der Waals surface area contributed by atoms with Gasteiger partial charge in [0.25, 0.3) is 0 Å². The summed E-state index contributed by atoms with van der Waals surface area (Å²) in [7, 11) is -4.67. The first-order chi connectivity index (χ1) is 7.81. The SMILES string of the molecule is CCOC(OCC)[C@H](O)[C@H](O)COP(=O)(O)O. The summed E-state index contributed by atoms with van der Waals surface area (Å²) in [6, 6.07) is 0. The van der Waals surface area contributed by atoms with Crippen LogP contribution in [0.5, 0.6) is 0 Å². The molecule has 4 N–H and O–H groups in total. The Bertz CT molecular complexity index is 236. The van der Waals surface area contributed by atoms with Crippen LogP contribution in [0.2, 0.25) is 0 Å². The van der Waals surface area contributed by atoms with E-state index >= 15 is 0 Å². The van der Waals surface area contributed by atoms with Crippen molar-refractivity contribution < 1.29 is 38.6 Å². The van der Waals surface area contributed by atoms with Crippen LogP contribution in [0.25, 0.3) is 0 Å². The van der Waals surface area contributed by atoms with Crippen LogP contribution in [0, 0.1) is 0 Å². The number of phosphoric acid groups is 1. The van der Waals surface area contributed by atoms with Crippen molar-refractivity contribution in [3.63, 3.8) is 0 Å². The van der Waals surface area contributed by atoms with Gasteiger partial charge in [0.05, 0.1) is 6.61 Å². The summed E-state index contributed by atoms with van der Waals surface area (Å²) in [6.07, 6.45) is -4.05. The molecule has 0 spiro atoms. The average molecular weight is 274 g/mol. The monoisotopic (exact) mass is 274 g/mol. The highest BCUT2D eigenvalue weighted by molar-refractivity contribution is 7.46. The normalized spacial score (nSPS) is 16.2. The Morgan fingerprint density at radius 3 is 1.94 bits per heavy atom. The molecule has 9 heteroatoms. The van der Waals surface area contributed by atoms with Crippen molar-refractivity contribution in [1.29, 1.82) is 0 Å². The van der Waals surface area contributed by atoms with E-state index in [1.165, 1.54) is 0 Å². The standard InChI is InChI=1S/C8H19O8P/c1-3-14-8(15-4-2)7(10)6(9)5-16-17(11,12)13/h6-10H,3-5H2,1-2H3,(H2,11,12,13)/t6-,7-/m1/s1. The molecule has 0 rings (SSSR count). The zero-order chi connectivity index (χ0) is 13.5. The van der Waals surface area contributed by atoms with Crippen LogP contribution in [0.3, 0.4) is 0 Å². The van der Waals surface area contributed by atoms with Crippen LogP contribution in [-0.4, -0.2) is 58.3 Å². The molecule has 0 aromatic carbocycles. The van der Waals surface area contributed by atoms with Gasteiger partial charge in [0.2, 0.25) is 0 Å². The average Bonchev–Trinajstić information content (AvgIpc) is 2.23. The highest BCUT2D eigenvalue weighted by Gasteiger charge is 2.29. The summed E-state index contributed by atoms with van der Waals surface area (Å²) in [6.45, 7) is 3.15. The Balaban J connectivity index is 4.23. The second kappa shape index (κ2) is 8.12. The Hall–Kier alpha value is -0.0500. The van der Waals surface area contributed by atoms with Crippen LogP contribution in [0.1, 0.15) is 13.8 Å². The van der Waals surface area contributed by atoms with Crippen molar-refractivity contribution in [2.45, 2.75) is 32.3 Å². The van der Waals surface area contributed by atoms with Gasteiger partial charge in [-0.15, -0.1) is 0 Å². The third-order valence-electron chi connectivity index (χ3n) is 1.75. The molecule has 0 heterocycles. The van der Waals surface area contributed by atoms with E-state index in [1.54, 1.807) is 13.8 Å². The number of aliphatic hydroxyl groups is 2. The maximum atomic E-state index is 10.4. The number of phosphoric ester groups is 1. The lowest BCUT2D eigenvalue weighted by Crippen LogP contribution is -2.43. The molecule has 0 amide bonds. The molecule has 0 aromatic heterocycles. The number of hydrogen-bond acceptors (Lipinski definition) is 6. The number of hydrogen-bond donors (Lipinski definition) is 4. The van der Waals surface area contributed by atoms with Gasteiger partial charge in [0.15, 0.2) is 6.29 Å². The fourth-order valence-corrected chi connectivity index (χ4v) is 1.37. The number of ether oxygens (including phenoxy) is 2. The summed E-state index contributed by atoms with van der Waals surface area (Å²) in [5, 5.41) is 19.0. The van der Waals surface area contributed by atoms with Crippen molar-refractivity contribution >= 4 is 7.82 Å². The second-order valence-electron chi connectivity index (χ2n) is 3.12. The summed E-state index contributed by atoms with van der Waals surface area (Å²) >= 11 is 0. The molecule has 0 aliphatic heterocycles. The third kappa shape index (κ3) is 7.80. The molecule has 8 nitrogen and oxygen atoms in total. The van der Waals surface area contributed by atoms with E-state index in [4.69, 9.17) is 19.3 Å². The molecule has 0 aliphatic rings. The van der Waals surface area contributed by atoms with Gasteiger partial charge in [-0.1, -0.05) is 0 Å². The van der Waals surface area contributed by atoms with Gasteiger partial charge in [-0.2, -0.15) is 0 Å². The molecule has 0 aromatic rings. The van der Waals surface area contributed by atoms with E-state index in [2.05, 4.69) is 4.52 Å². The zero-order valence-corrected chi connectivity index (χ0v) is 10.6. The van der Waals surface area contributed by atoms with Crippen LogP contribution >= 0.6 is 7.82 Å². The minimum Gasteiger partial charge on any atom is -0.388 e. The van der Waals surface area contributed by atoms with E-state index in [0.717, 1.165) is 0 Å². The highest BCUT2D eigenvalue weighted by Crippen LogP contribution is 2.35. The lowest BCUT2D eigenvalue weighted by molar-refractivity contribution is -0.214. The molecule has 2 atom stereocenters. The second-order valence-corrected chi connectivity index (χ2v) is 4.36. The number of rotatable bonds is 9. The highest BCUT2D eigenvalue weighted by atomic mass is 31.2. The maximum Gasteiger partial charge on any atom is 0.469 e. The summed E-state index contributed by atoms with van der Waals surface area (Å²) in [5.41, 5.74) is 0. The predicted octanol–water partition coefficient (Wildman–Crippen LogP) is -0.783. The summed E-state index contributed by atoms with van der Waals surface area (Å²) in [5.74, 6) is 0. The molecule has 0 radical (unpaired) electrons. The lowest BCUT2D eigenvalue weighted by Gasteiger charge is -2.26. The minimum atomic E-state index is -4.67. The van der Waals surface area contributed by atoms with Crippen LogP contribution in [-0.2, 0) is 18.6 Å². The first-order valence-corrected chi connectivity index (χ1v) is 6.64. The largest absolute Gasteiger partial charge is 0.469 e. The fourth-order valence-electron chi connectivity index (χ4n) is 1.03. The molecule has 0 saturated carbocycles. The van der Waals surface area contributed by atoms with Gasteiger partial charge in [-0.3, -0.25) is 4.52 Å². The van der Waals surface area contributed by atoms with Gasteiger partial charge < -0.3 is 29.5 Å². The van der Waals surface area contributed by atoms with Gasteiger partial charge in [0, 0.05) is 13.2 Å². The summed E-state index contributed by atoms with van der Waals surface area (Å²) < 4.78 is 24.5. The topological polar surface area (TPSA) is 126 Å². The van der Waals surface area contributed by atoms with Crippen molar-refractivity contribution in [3.05, 3.63) is 0 Å². The van der Waals surface area contributed by atoms with Gasteiger partial charge in [-0.25, -0.2) is 4.57 Å². The molecular weight excluding hydrogens is 255 g/mol. The Kier molecular flexibility index (Phi) is 8.10. The van der Waals surface area contributed by atoms with Gasteiger partial charge in [-0.05, 0) is 13.8 Å². The van der Waals surface area contributed by atoms with Crippen LogP contribution in [0.4, 0.5) is 0 Å². The Morgan fingerprint density at radius 1 is 1.12 bits per heavy atom. The first-order valence-electron chi connectivity index (χ1n) is 5.11. The Labute approximate surface area is 99.4 Å². The van der Waals surface area contributed by atoms with E-state index < -0.39 is 32.9 Å². The molecule has 0 aliphatic carbocycles. The third-order valence-corrected chi connectivity index (χ3v) is 2.23. The van der Waals surface area contributed by atoms with Gasteiger partial charge >= 0.3 is 7.82 Å². The fraction of sp³-hybridized carbons (Fsp3) is 1.00. The summed E-state index contributed by atoms with van der Waals surface area (Å²) in [4.78, 5) is 16.9. The first kappa shape index (κ1) is 16.9. The quantitative estimate of drug-likeness (QED) is 0.318. The van der Waals surface area contributed by atoms with E-state index in [1.807, 2.05) is 0 Å².